The number of benzene rings is 1. The topological polar surface area (TPSA) is 44.8 Å². The van der Waals surface area contributed by atoms with Crippen LogP contribution in [0.15, 0.2) is 36.1 Å². The summed E-state index contributed by atoms with van der Waals surface area (Å²) in [6.07, 6.45) is 5.45. The molecule has 1 aliphatic rings. The lowest BCUT2D eigenvalue weighted by Gasteiger charge is -2.19. The Labute approximate surface area is 118 Å². The number of ether oxygens (including phenoxy) is 3. The van der Waals surface area contributed by atoms with E-state index in [1.54, 1.807) is 14.2 Å². The molecule has 4 nitrogen and oxygen atoms in total. The maximum atomic E-state index is 11.4. The van der Waals surface area contributed by atoms with Gasteiger partial charge in [0.15, 0.2) is 0 Å². The van der Waals surface area contributed by atoms with Gasteiger partial charge < -0.3 is 14.2 Å². The molecule has 20 heavy (non-hydrogen) atoms. The molecule has 0 radical (unpaired) electrons. The Balaban J connectivity index is 2.08. The van der Waals surface area contributed by atoms with Gasteiger partial charge >= 0.3 is 5.97 Å². The van der Waals surface area contributed by atoms with E-state index in [2.05, 4.69) is 0 Å². The molecule has 0 bridgehead atoms. The summed E-state index contributed by atoms with van der Waals surface area (Å²) in [7, 11) is 3.20. The molecule has 1 aromatic rings. The van der Waals surface area contributed by atoms with Gasteiger partial charge in [0.05, 0.1) is 20.3 Å². The zero-order chi connectivity index (χ0) is 14.5. The fraction of sp³-hybridized carbons (Fsp3) is 0.312. The van der Waals surface area contributed by atoms with Crippen molar-refractivity contribution in [1.29, 1.82) is 0 Å². The summed E-state index contributed by atoms with van der Waals surface area (Å²) < 4.78 is 15.5. The van der Waals surface area contributed by atoms with Gasteiger partial charge in [0.2, 0.25) is 0 Å². The summed E-state index contributed by atoms with van der Waals surface area (Å²) in [5.74, 6) is 1.13. The monoisotopic (exact) mass is 274 g/mol. The van der Waals surface area contributed by atoms with E-state index >= 15 is 0 Å². The third kappa shape index (κ3) is 3.41. The van der Waals surface area contributed by atoms with Gasteiger partial charge in [-0.25, -0.2) is 4.79 Å². The van der Waals surface area contributed by atoms with E-state index in [1.165, 1.54) is 6.08 Å². The van der Waals surface area contributed by atoms with Gasteiger partial charge in [-0.15, -0.1) is 0 Å². The first-order valence-electron chi connectivity index (χ1n) is 6.40. The van der Waals surface area contributed by atoms with Crippen molar-refractivity contribution in [1.82, 2.24) is 0 Å². The van der Waals surface area contributed by atoms with Gasteiger partial charge in [0, 0.05) is 6.42 Å². The van der Waals surface area contributed by atoms with Crippen LogP contribution in [0.4, 0.5) is 0 Å². The van der Waals surface area contributed by atoms with Crippen molar-refractivity contribution in [2.24, 2.45) is 0 Å². The third-order valence-corrected chi connectivity index (χ3v) is 3.13. The van der Waals surface area contributed by atoms with Crippen LogP contribution < -0.4 is 4.74 Å². The molecule has 0 saturated carbocycles. The number of methoxy groups -OCH3 is 2. The van der Waals surface area contributed by atoms with Crippen molar-refractivity contribution >= 4 is 12.0 Å². The average Bonchev–Trinajstić information content (AvgIpc) is 2.44. The molecular weight excluding hydrogens is 256 g/mol. The third-order valence-electron chi connectivity index (χ3n) is 3.13. The number of aryl methyl sites for hydroxylation is 1. The van der Waals surface area contributed by atoms with Crippen molar-refractivity contribution in [2.75, 3.05) is 14.2 Å². The molecule has 1 aromatic carbocycles. The van der Waals surface area contributed by atoms with Crippen LogP contribution >= 0.6 is 0 Å². The molecule has 1 unspecified atom stereocenters. The van der Waals surface area contributed by atoms with Crippen LogP contribution in [-0.4, -0.2) is 26.3 Å². The Morgan fingerprint density at radius 2 is 2.10 bits per heavy atom. The molecule has 0 N–H and O–H groups in total. The average molecular weight is 274 g/mol. The van der Waals surface area contributed by atoms with Crippen molar-refractivity contribution in [3.8, 4) is 5.75 Å². The first-order chi connectivity index (χ1) is 9.62. The normalized spacial score (nSPS) is 18.6. The number of hydrogen-bond acceptors (Lipinski definition) is 4. The van der Waals surface area contributed by atoms with E-state index in [1.807, 2.05) is 37.3 Å². The second-order valence-electron chi connectivity index (χ2n) is 4.58. The van der Waals surface area contributed by atoms with E-state index in [-0.39, 0.29) is 12.1 Å². The van der Waals surface area contributed by atoms with E-state index < -0.39 is 0 Å². The Kier molecular flexibility index (Phi) is 4.45. The number of carbonyl (C=O) groups is 1. The Hall–Kier alpha value is -2.23. The summed E-state index contributed by atoms with van der Waals surface area (Å²) in [6.45, 7) is 1.99. The highest BCUT2D eigenvalue weighted by Crippen LogP contribution is 2.21. The van der Waals surface area contributed by atoms with Crippen LogP contribution in [0, 0.1) is 6.92 Å². The van der Waals surface area contributed by atoms with Crippen molar-refractivity contribution < 1.29 is 19.0 Å². The summed E-state index contributed by atoms with van der Waals surface area (Å²) in [6, 6.07) is 5.90. The minimum atomic E-state index is -0.367. The molecule has 106 valence electrons. The Morgan fingerprint density at radius 1 is 1.30 bits per heavy atom. The standard InChI is InChI=1S/C16H18O4/c1-11-8-12(5-7-15(11)19-3)4-6-13-9-14(18-2)10-16(17)20-13/h4-8,10,13H,9H2,1-3H3/b6-4+. The lowest BCUT2D eigenvalue weighted by atomic mass is 10.1. The van der Waals surface area contributed by atoms with E-state index in [4.69, 9.17) is 14.2 Å². The summed E-state index contributed by atoms with van der Waals surface area (Å²) >= 11 is 0. The van der Waals surface area contributed by atoms with Crippen molar-refractivity contribution in [3.05, 3.63) is 47.2 Å². The molecule has 1 aliphatic heterocycles. The second kappa shape index (κ2) is 6.28. The van der Waals surface area contributed by atoms with E-state index in [0.29, 0.717) is 12.2 Å². The van der Waals surface area contributed by atoms with Gasteiger partial charge in [-0.05, 0) is 36.3 Å². The summed E-state index contributed by atoms with van der Waals surface area (Å²) in [5.41, 5.74) is 2.10. The fourth-order valence-corrected chi connectivity index (χ4v) is 2.09. The molecule has 0 amide bonds. The number of hydrogen-bond donors (Lipinski definition) is 0. The van der Waals surface area contributed by atoms with Gasteiger partial charge in [0.25, 0.3) is 0 Å². The van der Waals surface area contributed by atoms with Crippen LogP contribution in [0.3, 0.4) is 0 Å². The predicted octanol–water partition coefficient (Wildman–Crippen LogP) is 2.86. The SMILES string of the molecule is COC1=CC(=O)OC(/C=C/c2ccc(OC)c(C)c2)C1. The molecule has 0 fully saturated rings. The quantitative estimate of drug-likeness (QED) is 0.792. The van der Waals surface area contributed by atoms with E-state index in [9.17, 15) is 4.79 Å². The van der Waals surface area contributed by atoms with Gasteiger partial charge in [-0.1, -0.05) is 12.1 Å². The van der Waals surface area contributed by atoms with E-state index in [0.717, 1.165) is 16.9 Å². The number of esters is 1. The maximum absolute atomic E-state index is 11.4. The highest BCUT2D eigenvalue weighted by molar-refractivity contribution is 5.83. The molecule has 4 heteroatoms. The molecule has 2 rings (SSSR count). The highest BCUT2D eigenvalue weighted by Gasteiger charge is 2.19. The number of cyclic esters (lactones) is 1. The Morgan fingerprint density at radius 3 is 2.75 bits per heavy atom. The van der Waals surface area contributed by atoms with Gasteiger partial charge in [-0.3, -0.25) is 0 Å². The first-order valence-corrected chi connectivity index (χ1v) is 6.40. The summed E-state index contributed by atoms with van der Waals surface area (Å²) in [4.78, 5) is 11.4. The van der Waals surface area contributed by atoms with Crippen LogP contribution in [0.5, 0.6) is 5.75 Å². The second-order valence-corrected chi connectivity index (χ2v) is 4.58. The molecule has 0 saturated heterocycles. The molecule has 1 atom stereocenters. The predicted molar refractivity (Wildman–Crippen MR) is 76.4 cm³/mol. The molecule has 0 aromatic heterocycles. The smallest absolute Gasteiger partial charge is 0.334 e. The van der Waals surface area contributed by atoms with Crippen LogP contribution in [-0.2, 0) is 14.3 Å². The van der Waals surface area contributed by atoms with Crippen LogP contribution in [0.25, 0.3) is 6.08 Å². The van der Waals surface area contributed by atoms with Crippen molar-refractivity contribution in [3.63, 3.8) is 0 Å². The minimum Gasteiger partial charge on any atom is -0.501 e. The molecular formula is C16H18O4. The van der Waals surface area contributed by atoms with Crippen LogP contribution in [0.2, 0.25) is 0 Å². The maximum Gasteiger partial charge on any atom is 0.334 e. The molecule has 0 spiro atoms. The molecule has 1 heterocycles. The molecule has 0 aliphatic carbocycles. The van der Waals surface area contributed by atoms with Gasteiger partial charge in [0.1, 0.15) is 17.6 Å². The summed E-state index contributed by atoms with van der Waals surface area (Å²) in [5, 5.41) is 0. The minimum absolute atomic E-state index is 0.287. The van der Waals surface area contributed by atoms with Crippen molar-refractivity contribution in [2.45, 2.75) is 19.4 Å². The first kappa shape index (κ1) is 14.2. The fourth-order valence-electron chi connectivity index (χ4n) is 2.09. The number of rotatable bonds is 4. The Bertz CT molecular complexity index is 558. The highest BCUT2D eigenvalue weighted by atomic mass is 16.5. The largest absolute Gasteiger partial charge is 0.501 e. The number of carbonyl (C=O) groups excluding carboxylic acids is 1. The zero-order valence-corrected chi connectivity index (χ0v) is 11.9. The van der Waals surface area contributed by atoms with Gasteiger partial charge in [-0.2, -0.15) is 0 Å². The lowest BCUT2D eigenvalue weighted by Crippen LogP contribution is -2.21. The lowest BCUT2D eigenvalue weighted by molar-refractivity contribution is -0.142. The zero-order valence-electron chi connectivity index (χ0n) is 11.9. The van der Waals surface area contributed by atoms with Crippen LogP contribution in [0.1, 0.15) is 17.5 Å².